The first kappa shape index (κ1) is 15.3. The molecule has 0 bridgehead atoms. The van der Waals surface area contributed by atoms with Crippen LogP contribution in [-0.4, -0.2) is 5.11 Å². The number of hydrogen-bond acceptors (Lipinski definition) is 2. The first-order chi connectivity index (χ1) is 10.3. The van der Waals surface area contributed by atoms with E-state index in [0.29, 0.717) is 0 Å². The van der Waals surface area contributed by atoms with Crippen molar-refractivity contribution in [3.63, 3.8) is 0 Å². The zero-order valence-corrected chi connectivity index (χ0v) is 14.4. The van der Waals surface area contributed by atoms with Crippen LogP contribution in [0.4, 0.5) is 0 Å². The Balaban J connectivity index is 2.25. The SMILES string of the molecule is CC(C)(C)/C=C/C1=C(c2ccsc2)c2ccccc2C1(C)O. The topological polar surface area (TPSA) is 20.2 Å². The first-order valence-corrected chi connectivity index (χ1v) is 8.54. The van der Waals surface area contributed by atoms with E-state index in [9.17, 15) is 5.11 Å². The van der Waals surface area contributed by atoms with Crippen LogP contribution in [0.3, 0.4) is 0 Å². The Morgan fingerprint density at radius 3 is 2.50 bits per heavy atom. The van der Waals surface area contributed by atoms with Gasteiger partial charge in [-0.15, -0.1) is 0 Å². The predicted molar refractivity (Wildman–Crippen MR) is 94.9 cm³/mol. The fourth-order valence-corrected chi connectivity index (χ4v) is 3.60. The number of aliphatic hydroxyl groups is 1. The summed E-state index contributed by atoms with van der Waals surface area (Å²) in [5.74, 6) is 0. The summed E-state index contributed by atoms with van der Waals surface area (Å²) in [5.41, 5.74) is 4.59. The standard InChI is InChI=1S/C20H22OS/c1-19(2,3)11-9-17-18(14-10-12-22-13-14)15-7-5-6-8-16(15)20(17,4)21/h5-13,21H,1-4H3/b11-9+. The molecule has 0 amide bonds. The van der Waals surface area contributed by atoms with Gasteiger partial charge >= 0.3 is 0 Å². The molecule has 2 heteroatoms. The average Bonchev–Trinajstić information content (AvgIpc) is 3.01. The van der Waals surface area contributed by atoms with Crippen LogP contribution >= 0.6 is 11.3 Å². The number of benzene rings is 1. The number of allylic oxidation sites excluding steroid dienone is 1. The molecule has 1 aromatic heterocycles. The molecule has 0 saturated carbocycles. The van der Waals surface area contributed by atoms with E-state index in [0.717, 1.165) is 22.3 Å². The summed E-state index contributed by atoms with van der Waals surface area (Å²) in [5, 5.41) is 15.4. The second-order valence-corrected chi connectivity index (χ2v) is 7.90. The van der Waals surface area contributed by atoms with Gasteiger partial charge in [0.25, 0.3) is 0 Å². The van der Waals surface area contributed by atoms with E-state index in [-0.39, 0.29) is 5.41 Å². The molecule has 1 aromatic carbocycles. The Labute approximate surface area is 136 Å². The minimum Gasteiger partial charge on any atom is -0.381 e. The first-order valence-electron chi connectivity index (χ1n) is 7.59. The van der Waals surface area contributed by atoms with E-state index in [1.807, 2.05) is 25.1 Å². The van der Waals surface area contributed by atoms with Gasteiger partial charge in [0.15, 0.2) is 0 Å². The van der Waals surface area contributed by atoms with E-state index in [1.165, 1.54) is 5.56 Å². The smallest absolute Gasteiger partial charge is 0.113 e. The van der Waals surface area contributed by atoms with Crippen molar-refractivity contribution in [3.8, 4) is 0 Å². The highest BCUT2D eigenvalue weighted by Gasteiger charge is 2.38. The normalized spacial score (nSPS) is 21.7. The number of hydrogen-bond donors (Lipinski definition) is 1. The van der Waals surface area contributed by atoms with Crippen molar-refractivity contribution in [2.24, 2.45) is 5.41 Å². The molecule has 0 spiro atoms. The summed E-state index contributed by atoms with van der Waals surface area (Å²) in [6.45, 7) is 8.41. The Kier molecular flexibility index (Phi) is 3.62. The van der Waals surface area contributed by atoms with E-state index in [4.69, 9.17) is 0 Å². The van der Waals surface area contributed by atoms with Crippen molar-refractivity contribution in [3.05, 3.63) is 75.5 Å². The van der Waals surface area contributed by atoms with E-state index >= 15 is 0 Å². The van der Waals surface area contributed by atoms with Crippen LogP contribution in [0, 0.1) is 5.41 Å². The molecule has 1 unspecified atom stereocenters. The Morgan fingerprint density at radius 1 is 1.14 bits per heavy atom. The van der Waals surface area contributed by atoms with Crippen molar-refractivity contribution >= 4 is 16.9 Å². The summed E-state index contributed by atoms with van der Waals surface area (Å²) in [7, 11) is 0. The molecule has 0 saturated heterocycles. The van der Waals surface area contributed by atoms with E-state index < -0.39 is 5.60 Å². The zero-order chi connectivity index (χ0) is 16.0. The molecular weight excluding hydrogens is 288 g/mol. The van der Waals surface area contributed by atoms with Gasteiger partial charge in [0.2, 0.25) is 0 Å². The molecule has 1 nitrogen and oxygen atoms in total. The van der Waals surface area contributed by atoms with Crippen LogP contribution in [0.15, 0.2) is 58.8 Å². The molecule has 1 aliphatic rings. The third kappa shape index (κ3) is 2.57. The molecule has 22 heavy (non-hydrogen) atoms. The minimum atomic E-state index is -0.949. The average molecular weight is 310 g/mol. The maximum absolute atomic E-state index is 11.2. The molecule has 0 radical (unpaired) electrons. The fourth-order valence-electron chi connectivity index (χ4n) is 2.96. The lowest BCUT2D eigenvalue weighted by Crippen LogP contribution is -2.20. The third-order valence-corrected chi connectivity index (χ3v) is 4.76. The lowest BCUT2D eigenvalue weighted by atomic mass is 9.88. The van der Waals surface area contributed by atoms with Gasteiger partial charge in [-0.05, 0) is 57.0 Å². The van der Waals surface area contributed by atoms with Crippen LogP contribution in [0.2, 0.25) is 0 Å². The van der Waals surface area contributed by atoms with E-state index in [2.05, 4.69) is 55.8 Å². The Bertz CT molecular complexity index is 740. The summed E-state index contributed by atoms with van der Waals surface area (Å²) in [4.78, 5) is 0. The second kappa shape index (κ2) is 5.22. The van der Waals surface area contributed by atoms with Crippen molar-refractivity contribution in [1.82, 2.24) is 0 Å². The molecular formula is C20H22OS. The van der Waals surface area contributed by atoms with Gasteiger partial charge in [-0.2, -0.15) is 11.3 Å². The summed E-state index contributed by atoms with van der Waals surface area (Å²) in [6.07, 6.45) is 4.28. The Morgan fingerprint density at radius 2 is 1.86 bits per heavy atom. The van der Waals surface area contributed by atoms with E-state index in [1.54, 1.807) is 11.3 Å². The van der Waals surface area contributed by atoms with Crippen LogP contribution in [0.1, 0.15) is 44.4 Å². The molecule has 0 aliphatic heterocycles. The van der Waals surface area contributed by atoms with Gasteiger partial charge in [-0.25, -0.2) is 0 Å². The lowest BCUT2D eigenvalue weighted by Gasteiger charge is -2.22. The van der Waals surface area contributed by atoms with Crippen molar-refractivity contribution in [2.75, 3.05) is 0 Å². The zero-order valence-electron chi connectivity index (χ0n) is 13.6. The number of fused-ring (bicyclic) bond motifs is 1. The highest BCUT2D eigenvalue weighted by atomic mass is 32.1. The molecule has 1 aliphatic carbocycles. The summed E-state index contributed by atoms with van der Waals surface area (Å²) in [6, 6.07) is 10.3. The lowest BCUT2D eigenvalue weighted by molar-refractivity contribution is 0.105. The monoisotopic (exact) mass is 310 g/mol. The molecule has 0 fully saturated rings. The van der Waals surface area contributed by atoms with Crippen LogP contribution < -0.4 is 0 Å². The van der Waals surface area contributed by atoms with Gasteiger partial charge in [-0.3, -0.25) is 0 Å². The summed E-state index contributed by atoms with van der Waals surface area (Å²) >= 11 is 1.69. The fraction of sp³-hybridized carbons (Fsp3) is 0.300. The second-order valence-electron chi connectivity index (χ2n) is 7.12. The van der Waals surface area contributed by atoms with Gasteiger partial charge in [0, 0.05) is 0 Å². The highest BCUT2D eigenvalue weighted by molar-refractivity contribution is 7.08. The molecule has 114 valence electrons. The van der Waals surface area contributed by atoms with Crippen LogP contribution in [0.25, 0.3) is 5.57 Å². The summed E-state index contributed by atoms with van der Waals surface area (Å²) < 4.78 is 0. The molecule has 1 N–H and O–H groups in total. The van der Waals surface area contributed by atoms with Gasteiger partial charge < -0.3 is 5.11 Å². The Hall–Kier alpha value is -1.64. The van der Waals surface area contributed by atoms with Gasteiger partial charge in [-0.1, -0.05) is 57.2 Å². The largest absolute Gasteiger partial charge is 0.381 e. The molecule has 1 heterocycles. The highest BCUT2D eigenvalue weighted by Crippen LogP contribution is 2.48. The van der Waals surface area contributed by atoms with Crippen molar-refractivity contribution in [2.45, 2.75) is 33.3 Å². The van der Waals surface area contributed by atoms with Crippen molar-refractivity contribution < 1.29 is 5.11 Å². The maximum Gasteiger partial charge on any atom is 0.113 e. The maximum atomic E-state index is 11.2. The van der Waals surface area contributed by atoms with Crippen LogP contribution in [-0.2, 0) is 5.60 Å². The molecule has 3 rings (SSSR count). The number of rotatable bonds is 2. The molecule has 1 atom stereocenters. The van der Waals surface area contributed by atoms with Crippen molar-refractivity contribution in [1.29, 1.82) is 0 Å². The molecule has 2 aromatic rings. The van der Waals surface area contributed by atoms with Gasteiger partial charge in [0.1, 0.15) is 5.60 Å². The minimum absolute atomic E-state index is 0.0810. The third-order valence-electron chi connectivity index (χ3n) is 4.07. The number of thiophene rings is 1. The van der Waals surface area contributed by atoms with Crippen LogP contribution in [0.5, 0.6) is 0 Å². The predicted octanol–water partition coefficient (Wildman–Crippen LogP) is 5.37. The quantitative estimate of drug-likeness (QED) is 0.790. The van der Waals surface area contributed by atoms with Gasteiger partial charge in [0.05, 0.1) is 0 Å².